The number of aliphatic carboxylic acids is 1. The van der Waals surface area contributed by atoms with Crippen molar-refractivity contribution in [1.82, 2.24) is 5.32 Å². The van der Waals surface area contributed by atoms with Gasteiger partial charge in [0.15, 0.2) is 0 Å². The molecule has 0 saturated heterocycles. The van der Waals surface area contributed by atoms with Gasteiger partial charge in [-0.25, -0.2) is 0 Å². The second-order valence-electron chi connectivity index (χ2n) is 9.94. The van der Waals surface area contributed by atoms with Crippen molar-refractivity contribution >= 4 is 16.7 Å². The van der Waals surface area contributed by atoms with Crippen LogP contribution in [0, 0.1) is 5.41 Å². The molecule has 2 N–H and O–H groups in total. The first-order valence-corrected chi connectivity index (χ1v) is 11.7. The van der Waals surface area contributed by atoms with Crippen LogP contribution in [0.2, 0.25) is 0 Å². The zero-order chi connectivity index (χ0) is 20.6. The molecule has 0 amide bonds. The quantitative estimate of drug-likeness (QED) is 0.634. The topological polar surface area (TPSA) is 58.6 Å². The monoisotopic (exact) mass is 407 g/mol. The largest absolute Gasteiger partial charge is 0.490 e. The Balaban J connectivity index is 1.23. The van der Waals surface area contributed by atoms with Gasteiger partial charge in [0.25, 0.3) is 0 Å². The summed E-state index contributed by atoms with van der Waals surface area (Å²) in [5.74, 6) is 0.405. The molecular formula is C26H33NO3. The molecule has 4 aliphatic rings. The van der Waals surface area contributed by atoms with Gasteiger partial charge in [0.05, 0.1) is 11.5 Å². The molecule has 0 heterocycles. The van der Waals surface area contributed by atoms with Crippen molar-refractivity contribution in [2.75, 3.05) is 0 Å². The first-order valence-electron chi connectivity index (χ1n) is 11.7. The molecule has 0 aromatic heterocycles. The predicted molar refractivity (Wildman–Crippen MR) is 119 cm³/mol. The van der Waals surface area contributed by atoms with Crippen molar-refractivity contribution < 1.29 is 14.6 Å². The molecule has 0 spiro atoms. The van der Waals surface area contributed by atoms with Crippen LogP contribution in [-0.2, 0) is 11.3 Å². The van der Waals surface area contributed by atoms with Crippen LogP contribution in [0.1, 0.15) is 76.2 Å². The third kappa shape index (κ3) is 3.82. The van der Waals surface area contributed by atoms with Crippen LogP contribution in [0.3, 0.4) is 0 Å². The van der Waals surface area contributed by atoms with Crippen LogP contribution >= 0.6 is 0 Å². The Morgan fingerprint density at radius 1 is 0.933 bits per heavy atom. The Bertz CT molecular complexity index is 906. The minimum atomic E-state index is -0.586. The van der Waals surface area contributed by atoms with Gasteiger partial charge in [0.2, 0.25) is 0 Å². The number of carbonyl (C=O) groups is 1. The summed E-state index contributed by atoms with van der Waals surface area (Å²) in [6, 6.07) is 13.2. The van der Waals surface area contributed by atoms with Gasteiger partial charge in [0, 0.05) is 12.1 Å². The molecule has 4 fully saturated rings. The maximum Gasteiger partial charge on any atom is 0.309 e. The highest BCUT2D eigenvalue weighted by atomic mass is 16.5. The Hall–Kier alpha value is -2.07. The van der Waals surface area contributed by atoms with Crippen molar-refractivity contribution in [2.45, 2.75) is 88.8 Å². The van der Waals surface area contributed by atoms with Crippen LogP contribution in [0.5, 0.6) is 5.75 Å². The first kappa shape index (κ1) is 19.9. The number of fused-ring (bicyclic) bond motifs is 4. The average Bonchev–Trinajstić information content (AvgIpc) is 2.79. The summed E-state index contributed by atoms with van der Waals surface area (Å²) < 4.78 is 6.22. The lowest BCUT2D eigenvalue weighted by Gasteiger charge is -2.51. The smallest absolute Gasteiger partial charge is 0.309 e. The highest BCUT2D eigenvalue weighted by Gasteiger charge is 2.52. The molecule has 0 unspecified atom stereocenters. The Kier molecular flexibility index (Phi) is 5.22. The van der Waals surface area contributed by atoms with Crippen LogP contribution < -0.4 is 10.1 Å². The molecule has 4 nitrogen and oxygen atoms in total. The lowest BCUT2D eigenvalue weighted by atomic mass is 9.57. The van der Waals surface area contributed by atoms with Gasteiger partial charge in [-0.2, -0.15) is 0 Å². The second kappa shape index (κ2) is 7.88. The highest BCUT2D eigenvalue weighted by Crippen LogP contribution is 2.52. The van der Waals surface area contributed by atoms with Gasteiger partial charge in [-0.15, -0.1) is 0 Å². The van der Waals surface area contributed by atoms with E-state index in [-0.39, 0.29) is 5.54 Å². The summed E-state index contributed by atoms with van der Waals surface area (Å²) in [4.78, 5) is 11.6. The van der Waals surface area contributed by atoms with Gasteiger partial charge >= 0.3 is 5.97 Å². The van der Waals surface area contributed by atoms with E-state index >= 15 is 0 Å². The molecule has 160 valence electrons. The predicted octanol–water partition coefficient (Wildman–Crippen LogP) is 5.82. The molecule has 4 saturated carbocycles. The van der Waals surface area contributed by atoms with Crippen molar-refractivity contribution in [3.63, 3.8) is 0 Å². The van der Waals surface area contributed by atoms with E-state index < -0.39 is 11.4 Å². The second-order valence-corrected chi connectivity index (χ2v) is 9.94. The summed E-state index contributed by atoms with van der Waals surface area (Å²) >= 11 is 0. The van der Waals surface area contributed by atoms with Crippen LogP contribution in [0.4, 0.5) is 0 Å². The van der Waals surface area contributed by atoms with Crippen molar-refractivity contribution in [3.05, 3.63) is 42.0 Å². The fourth-order valence-electron chi connectivity index (χ4n) is 5.89. The van der Waals surface area contributed by atoms with Gasteiger partial charge in [-0.1, -0.05) is 24.6 Å². The fraction of sp³-hybridized carbons (Fsp3) is 0.577. The molecule has 2 bridgehead atoms. The van der Waals surface area contributed by atoms with E-state index in [0.717, 1.165) is 50.8 Å². The Labute approximate surface area is 179 Å². The third-order valence-corrected chi connectivity index (χ3v) is 8.10. The van der Waals surface area contributed by atoms with Gasteiger partial charge < -0.3 is 15.2 Å². The average molecular weight is 408 g/mol. The molecule has 0 atom stereocenters. The van der Waals surface area contributed by atoms with Crippen molar-refractivity contribution in [2.24, 2.45) is 5.41 Å². The van der Waals surface area contributed by atoms with E-state index in [4.69, 9.17) is 4.74 Å². The van der Waals surface area contributed by atoms with Crippen LogP contribution in [0.25, 0.3) is 10.8 Å². The fourth-order valence-corrected chi connectivity index (χ4v) is 5.89. The van der Waals surface area contributed by atoms with E-state index in [1.165, 1.54) is 48.4 Å². The summed E-state index contributed by atoms with van der Waals surface area (Å²) in [7, 11) is 0. The summed E-state index contributed by atoms with van der Waals surface area (Å²) in [5.41, 5.74) is 0.978. The van der Waals surface area contributed by atoms with E-state index in [9.17, 15) is 9.90 Å². The summed E-state index contributed by atoms with van der Waals surface area (Å²) in [6.07, 6.45) is 12.0. The van der Waals surface area contributed by atoms with Gasteiger partial charge in [0.1, 0.15) is 5.75 Å². The third-order valence-electron chi connectivity index (χ3n) is 8.10. The van der Waals surface area contributed by atoms with Crippen LogP contribution in [0.15, 0.2) is 36.4 Å². The SMILES string of the molecule is O=C(O)C12CCC(NCc3ccc4cc(OC5CCCCC5)ccc4c3)(CC1)CC2. The Morgan fingerprint density at radius 3 is 2.30 bits per heavy atom. The number of rotatable bonds is 6. The normalized spacial score (nSPS) is 29.2. The standard InChI is InChI=1S/C26H33NO3/c28-24(29)25-10-13-26(14-11-25,15-12-25)27-18-19-6-7-21-17-23(9-8-20(21)16-19)30-22-4-2-1-3-5-22/h6-9,16-17,22,27H,1-5,10-15,18H2,(H,28,29). The Morgan fingerprint density at radius 2 is 1.60 bits per heavy atom. The molecule has 4 heteroatoms. The maximum absolute atomic E-state index is 11.6. The zero-order valence-corrected chi connectivity index (χ0v) is 17.8. The van der Waals surface area contributed by atoms with Crippen molar-refractivity contribution in [1.29, 1.82) is 0 Å². The number of hydrogen-bond donors (Lipinski definition) is 2. The first-order chi connectivity index (χ1) is 14.6. The minimum Gasteiger partial charge on any atom is -0.490 e. The molecule has 6 rings (SSSR count). The van der Waals surface area contributed by atoms with Gasteiger partial charge in [-0.3, -0.25) is 4.79 Å². The highest BCUT2D eigenvalue weighted by molar-refractivity contribution is 5.84. The summed E-state index contributed by atoms with van der Waals surface area (Å²) in [5, 5.41) is 15.9. The number of hydrogen-bond acceptors (Lipinski definition) is 3. The molecule has 0 radical (unpaired) electrons. The van der Waals surface area contributed by atoms with E-state index in [0.29, 0.717) is 6.10 Å². The lowest BCUT2D eigenvalue weighted by Crippen LogP contribution is -2.56. The maximum atomic E-state index is 11.6. The zero-order valence-electron chi connectivity index (χ0n) is 17.8. The number of ether oxygens (including phenoxy) is 1. The lowest BCUT2D eigenvalue weighted by molar-refractivity contribution is -0.156. The van der Waals surface area contributed by atoms with E-state index in [1.807, 2.05) is 0 Å². The molecule has 30 heavy (non-hydrogen) atoms. The number of carboxylic acids is 1. The molecule has 4 aliphatic carbocycles. The number of nitrogens with one attached hydrogen (secondary N) is 1. The molecule has 0 aliphatic heterocycles. The van der Waals surface area contributed by atoms with Gasteiger partial charge in [-0.05, 0) is 98.7 Å². The number of benzene rings is 2. The summed E-state index contributed by atoms with van der Waals surface area (Å²) in [6.45, 7) is 0.844. The van der Waals surface area contributed by atoms with Crippen LogP contribution in [-0.4, -0.2) is 22.7 Å². The minimum absolute atomic E-state index is 0.129. The van der Waals surface area contributed by atoms with E-state index in [1.54, 1.807) is 0 Å². The molecule has 2 aromatic rings. The molecular weight excluding hydrogens is 374 g/mol. The number of carboxylic acid groups (broad SMARTS) is 1. The molecule has 2 aromatic carbocycles. The van der Waals surface area contributed by atoms with E-state index in [2.05, 4.69) is 41.7 Å². The van der Waals surface area contributed by atoms with Crippen molar-refractivity contribution in [3.8, 4) is 5.75 Å².